The van der Waals surface area contributed by atoms with Crippen molar-refractivity contribution in [3.63, 3.8) is 0 Å². The summed E-state index contributed by atoms with van der Waals surface area (Å²) in [5.41, 5.74) is 4.18. The summed E-state index contributed by atoms with van der Waals surface area (Å²) in [7, 11) is 0. The molecular weight excluding hydrogens is 352 g/mol. The van der Waals surface area contributed by atoms with E-state index in [0.29, 0.717) is 11.5 Å². The van der Waals surface area contributed by atoms with Crippen LogP contribution in [0.25, 0.3) is 0 Å². The number of rotatable bonds is 6. The first-order valence-electron chi connectivity index (χ1n) is 9.14. The number of anilines is 3. The summed E-state index contributed by atoms with van der Waals surface area (Å²) in [6, 6.07) is 13.5. The zero-order chi connectivity index (χ0) is 20.1. The van der Waals surface area contributed by atoms with Gasteiger partial charge in [-0.3, -0.25) is 4.79 Å². The van der Waals surface area contributed by atoms with Gasteiger partial charge < -0.3 is 15.4 Å². The Morgan fingerprint density at radius 1 is 0.929 bits per heavy atom. The normalized spacial score (nSPS) is 10.6. The van der Waals surface area contributed by atoms with Crippen LogP contribution < -0.4 is 15.4 Å². The Balaban J connectivity index is 1.63. The fourth-order valence-corrected chi connectivity index (χ4v) is 2.78. The van der Waals surface area contributed by atoms with Crippen molar-refractivity contribution in [2.75, 3.05) is 10.6 Å². The summed E-state index contributed by atoms with van der Waals surface area (Å²) in [5, 5.41) is 5.98. The standard InChI is InChI=1S/C22H24N4O2/c1-14(2)28-20-7-5-18(6-8-20)26-22-23-12-17(13-24-22)21(27)25-19-10-15(3)9-16(4)11-19/h5-14H,1-4H3,(H,25,27)(H,23,24,26). The molecule has 1 amide bonds. The number of amides is 1. The summed E-state index contributed by atoms with van der Waals surface area (Å²) >= 11 is 0. The Labute approximate surface area is 165 Å². The van der Waals surface area contributed by atoms with E-state index in [9.17, 15) is 4.79 Å². The summed E-state index contributed by atoms with van der Waals surface area (Å²) in [6.45, 7) is 7.96. The molecule has 28 heavy (non-hydrogen) atoms. The summed E-state index contributed by atoms with van der Waals surface area (Å²) in [5.74, 6) is 0.979. The van der Waals surface area contributed by atoms with E-state index in [1.165, 1.54) is 12.4 Å². The van der Waals surface area contributed by atoms with E-state index in [1.54, 1.807) is 0 Å². The lowest BCUT2D eigenvalue weighted by atomic mass is 10.1. The molecule has 0 fully saturated rings. The van der Waals surface area contributed by atoms with Crippen molar-refractivity contribution in [1.82, 2.24) is 9.97 Å². The average molecular weight is 376 g/mol. The van der Waals surface area contributed by atoms with Crippen LogP contribution in [0.4, 0.5) is 17.3 Å². The Morgan fingerprint density at radius 2 is 1.54 bits per heavy atom. The number of carbonyl (C=O) groups is 1. The van der Waals surface area contributed by atoms with Crippen LogP contribution in [-0.4, -0.2) is 22.0 Å². The third kappa shape index (κ3) is 5.30. The van der Waals surface area contributed by atoms with Gasteiger partial charge in [-0.1, -0.05) is 6.07 Å². The number of nitrogens with one attached hydrogen (secondary N) is 2. The second kappa shape index (κ2) is 8.52. The van der Waals surface area contributed by atoms with E-state index in [0.717, 1.165) is 28.3 Å². The summed E-state index contributed by atoms with van der Waals surface area (Å²) in [6.07, 6.45) is 3.14. The van der Waals surface area contributed by atoms with Gasteiger partial charge in [-0.25, -0.2) is 9.97 Å². The van der Waals surface area contributed by atoms with Gasteiger partial charge >= 0.3 is 0 Å². The number of aryl methyl sites for hydroxylation is 2. The van der Waals surface area contributed by atoms with Crippen LogP contribution in [-0.2, 0) is 0 Å². The molecule has 0 radical (unpaired) electrons. The first kappa shape index (κ1) is 19.4. The molecule has 2 aromatic carbocycles. The molecule has 0 saturated heterocycles. The molecule has 0 saturated carbocycles. The SMILES string of the molecule is Cc1cc(C)cc(NC(=O)c2cnc(Nc3ccc(OC(C)C)cc3)nc2)c1. The van der Waals surface area contributed by atoms with Crippen LogP contribution >= 0.6 is 0 Å². The fraction of sp³-hybridized carbons (Fsp3) is 0.227. The van der Waals surface area contributed by atoms with Crippen molar-refractivity contribution >= 4 is 23.2 Å². The zero-order valence-corrected chi connectivity index (χ0v) is 16.5. The minimum Gasteiger partial charge on any atom is -0.491 e. The molecule has 1 aromatic heterocycles. The Kier molecular flexibility index (Phi) is 5.89. The van der Waals surface area contributed by atoms with E-state index in [-0.39, 0.29) is 12.0 Å². The number of benzene rings is 2. The maximum Gasteiger partial charge on any atom is 0.258 e. The second-order valence-electron chi connectivity index (χ2n) is 6.94. The monoisotopic (exact) mass is 376 g/mol. The molecule has 0 unspecified atom stereocenters. The lowest BCUT2D eigenvalue weighted by Gasteiger charge is -2.11. The molecule has 0 atom stereocenters. The van der Waals surface area contributed by atoms with E-state index in [2.05, 4.69) is 26.7 Å². The Morgan fingerprint density at radius 3 is 2.11 bits per heavy atom. The molecule has 0 spiro atoms. The Hall–Kier alpha value is -3.41. The van der Waals surface area contributed by atoms with Gasteiger partial charge in [0.05, 0.1) is 11.7 Å². The highest BCUT2D eigenvalue weighted by atomic mass is 16.5. The first-order chi connectivity index (χ1) is 13.4. The lowest BCUT2D eigenvalue weighted by molar-refractivity contribution is 0.102. The quantitative estimate of drug-likeness (QED) is 0.641. The van der Waals surface area contributed by atoms with E-state index in [4.69, 9.17) is 4.74 Å². The average Bonchev–Trinajstić information content (AvgIpc) is 2.62. The minimum absolute atomic E-state index is 0.129. The van der Waals surface area contributed by atoms with Gasteiger partial charge in [-0.2, -0.15) is 0 Å². The molecule has 6 heteroatoms. The molecule has 0 aliphatic carbocycles. The number of carbonyl (C=O) groups excluding carboxylic acids is 1. The molecule has 3 aromatic rings. The predicted molar refractivity (Wildman–Crippen MR) is 111 cm³/mol. The minimum atomic E-state index is -0.244. The van der Waals surface area contributed by atoms with Crippen LogP contribution in [0.3, 0.4) is 0 Å². The maximum atomic E-state index is 12.4. The molecule has 6 nitrogen and oxygen atoms in total. The topological polar surface area (TPSA) is 76.1 Å². The van der Waals surface area contributed by atoms with Gasteiger partial charge in [-0.15, -0.1) is 0 Å². The molecule has 0 bridgehead atoms. The van der Waals surface area contributed by atoms with Gasteiger partial charge in [0.25, 0.3) is 5.91 Å². The highest BCUT2D eigenvalue weighted by Gasteiger charge is 2.09. The molecule has 1 heterocycles. The van der Waals surface area contributed by atoms with Gasteiger partial charge in [0.15, 0.2) is 0 Å². The smallest absolute Gasteiger partial charge is 0.258 e. The Bertz CT molecular complexity index is 931. The molecule has 0 aliphatic heterocycles. The van der Waals surface area contributed by atoms with E-state index < -0.39 is 0 Å². The van der Waals surface area contributed by atoms with Crippen LogP contribution in [0, 0.1) is 13.8 Å². The number of nitrogens with zero attached hydrogens (tertiary/aromatic N) is 2. The van der Waals surface area contributed by atoms with Crippen molar-refractivity contribution in [2.45, 2.75) is 33.8 Å². The van der Waals surface area contributed by atoms with E-state index in [1.807, 2.05) is 64.1 Å². The number of hydrogen-bond acceptors (Lipinski definition) is 5. The molecule has 0 aliphatic rings. The zero-order valence-electron chi connectivity index (χ0n) is 16.5. The van der Waals surface area contributed by atoms with E-state index >= 15 is 0 Å². The van der Waals surface area contributed by atoms with Crippen molar-refractivity contribution in [3.8, 4) is 5.75 Å². The van der Waals surface area contributed by atoms with Crippen molar-refractivity contribution in [3.05, 3.63) is 71.5 Å². The maximum absolute atomic E-state index is 12.4. The second-order valence-corrected chi connectivity index (χ2v) is 6.94. The third-order valence-electron chi connectivity index (χ3n) is 3.88. The van der Waals surface area contributed by atoms with Gasteiger partial charge in [0.2, 0.25) is 5.95 Å². The number of ether oxygens (including phenoxy) is 1. The molecular formula is C22H24N4O2. The van der Waals surface area contributed by atoms with Crippen LogP contribution in [0.15, 0.2) is 54.9 Å². The van der Waals surface area contributed by atoms with Crippen molar-refractivity contribution < 1.29 is 9.53 Å². The summed E-state index contributed by atoms with van der Waals surface area (Å²) < 4.78 is 5.62. The number of hydrogen-bond donors (Lipinski definition) is 2. The highest BCUT2D eigenvalue weighted by molar-refractivity contribution is 6.04. The molecule has 2 N–H and O–H groups in total. The molecule has 144 valence electrons. The molecule has 3 rings (SSSR count). The highest BCUT2D eigenvalue weighted by Crippen LogP contribution is 2.19. The van der Waals surface area contributed by atoms with Gasteiger partial charge in [-0.05, 0) is 75.2 Å². The van der Waals surface area contributed by atoms with Crippen molar-refractivity contribution in [1.29, 1.82) is 0 Å². The van der Waals surface area contributed by atoms with Crippen LogP contribution in [0.5, 0.6) is 5.75 Å². The van der Waals surface area contributed by atoms with Crippen LogP contribution in [0.1, 0.15) is 35.3 Å². The van der Waals surface area contributed by atoms with Gasteiger partial charge in [0.1, 0.15) is 5.75 Å². The number of aromatic nitrogens is 2. The first-order valence-corrected chi connectivity index (χ1v) is 9.14. The van der Waals surface area contributed by atoms with Crippen molar-refractivity contribution in [2.24, 2.45) is 0 Å². The fourth-order valence-electron chi connectivity index (χ4n) is 2.78. The van der Waals surface area contributed by atoms with Gasteiger partial charge in [0, 0.05) is 23.8 Å². The van der Waals surface area contributed by atoms with Crippen LogP contribution in [0.2, 0.25) is 0 Å². The predicted octanol–water partition coefficient (Wildman–Crippen LogP) is 4.88. The summed E-state index contributed by atoms with van der Waals surface area (Å²) in [4.78, 5) is 20.9. The largest absolute Gasteiger partial charge is 0.491 e. The third-order valence-corrected chi connectivity index (χ3v) is 3.88. The lowest BCUT2D eigenvalue weighted by Crippen LogP contribution is -2.13.